The first-order valence-corrected chi connectivity index (χ1v) is 6.62. The van der Waals surface area contributed by atoms with Gasteiger partial charge in [0, 0.05) is 19.0 Å². The Morgan fingerprint density at radius 3 is 2.73 bits per heavy atom. The van der Waals surface area contributed by atoms with E-state index in [1.165, 1.54) is 13.0 Å². The van der Waals surface area contributed by atoms with Gasteiger partial charge in [-0.05, 0) is 24.6 Å². The molecule has 0 unspecified atom stereocenters. The Kier molecular flexibility index (Phi) is 4.40. The van der Waals surface area contributed by atoms with Crippen LogP contribution < -0.4 is 15.5 Å². The highest BCUT2D eigenvalue weighted by Crippen LogP contribution is 2.24. The second-order valence-corrected chi connectivity index (χ2v) is 4.84. The van der Waals surface area contributed by atoms with Crippen molar-refractivity contribution < 1.29 is 24.3 Å². The van der Waals surface area contributed by atoms with Crippen LogP contribution in [0.2, 0.25) is 0 Å². The van der Waals surface area contributed by atoms with Gasteiger partial charge in [0.15, 0.2) is 0 Å². The normalized spacial score (nSPS) is 17.3. The van der Waals surface area contributed by atoms with E-state index in [9.17, 15) is 19.2 Å². The topological polar surface area (TPSA) is 116 Å². The smallest absolute Gasteiger partial charge is 0.329 e. The minimum absolute atomic E-state index is 0.0296. The molecule has 0 radical (unpaired) electrons. The minimum atomic E-state index is -1.03. The van der Waals surface area contributed by atoms with Gasteiger partial charge in [0.05, 0.1) is 5.69 Å². The van der Waals surface area contributed by atoms with E-state index in [1.54, 1.807) is 18.2 Å². The summed E-state index contributed by atoms with van der Waals surface area (Å²) in [5, 5.41) is 13.7. The number of nitrogens with zero attached hydrogens (tertiary/aromatic N) is 1. The number of aliphatic carboxylic acids is 1. The zero-order valence-corrected chi connectivity index (χ0v) is 11.8. The third-order valence-corrected chi connectivity index (χ3v) is 3.09. The molecule has 1 aromatic carbocycles. The van der Waals surface area contributed by atoms with Gasteiger partial charge >= 0.3 is 12.0 Å². The predicted octanol–water partition coefficient (Wildman–Crippen LogP) is 0.935. The Balaban J connectivity index is 2.18. The molecule has 22 heavy (non-hydrogen) atoms. The largest absolute Gasteiger partial charge is 0.481 e. The number of hydrogen-bond acceptors (Lipinski definition) is 4. The van der Waals surface area contributed by atoms with Gasteiger partial charge in [-0.1, -0.05) is 6.07 Å². The van der Waals surface area contributed by atoms with Gasteiger partial charge in [0.2, 0.25) is 5.91 Å². The molecule has 116 valence electrons. The summed E-state index contributed by atoms with van der Waals surface area (Å²) in [6, 6.07) is 4.83. The number of imide groups is 1. The van der Waals surface area contributed by atoms with Crippen molar-refractivity contribution in [2.75, 3.05) is 10.2 Å². The average Bonchev–Trinajstić information content (AvgIpc) is 2.70. The number of hydrogen-bond donors (Lipinski definition) is 3. The van der Waals surface area contributed by atoms with Crippen LogP contribution in [0.4, 0.5) is 16.2 Å². The Bertz CT molecular complexity index is 643. The van der Waals surface area contributed by atoms with Crippen molar-refractivity contribution in [3.63, 3.8) is 0 Å². The molecule has 0 aromatic heterocycles. The fourth-order valence-corrected chi connectivity index (χ4v) is 2.17. The third-order valence-electron chi connectivity index (χ3n) is 3.09. The Hall–Kier alpha value is -2.90. The molecule has 1 fully saturated rings. The maximum absolute atomic E-state index is 12.2. The molecule has 1 heterocycles. The van der Waals surface area contributed by atoms with Crippen molar-refractivity contribution in [3.8, 4) is 0 Å². The number of rotatable bonds is 5. The molecular formula is C14H15N3O5. The summed E-state index contributed by atoms with van der Waals surface area (Å²) < 4.78 is 0. The summed E-state index contributed by atoms with van der Waals surface area (Å²) in [6.07, 6.45) is -0.182. The fraction of sp³-hybridized carbons (Fsp3) is 0.286. The molecule has 1 aliphatic heterocycles. The van der Waals surface area contributed by atoms with Crippen molar-refractivity contribution in [1.82, 2.24) is 5.32 Å². The fourth-order valence-electron chi connectivity index (χ4n) is 2.17. The number of urea groups is 1. The number of nitrogens with one attached hydrogen (secondary N) is 2. The highest BCUT2D eigenvalue weighted by molar-refractivity contribution is 6.21. The lowest BCUT2D eigenvalue weighted by Gasteiger charge is -2.14. The first-order chi connectivity index (χ1) is 10.4. The van der Waals surface area contributed by atoms with E-state index in [2.05, 4.69) is 10.6 Å². The lowest BCUT2D eigenvalue weighted by atomic mass is 10.1. The van der Waals surface area contributed by atoms with Crippen LogP contribution in [0.5, 0.6) is 0 Å². The molecule has 0 aliphatic carbocycles. The van der Waals surface area contributed by atoms with E-state index in [-0.39, 0.29) is 18.7 Å². The molecular weight excluding hydrogens is 290 g/mol. The first kappa shape index (κ1) is 15.5. The zero-order valence-electron chi connectivity index (χ0n) is 11.8. The van der Waals surface area contributed by atoms with Crippen LogP contribution in [0.3, 0.4) is 0 Å². The summed E-state index contributed by atoms with van der Waals surface area (Å²) in [6.45, 7) is 1.35. The van der Waals surface area contributed by atoms with Gasteiger partial charge < -0.3 is 15.7 Å². The Morgan fingerprint density at radius 1 is 1.36 bits per heavy atom. The number of carboxylic acids is 1. The van der Waals surface area contributed by atoms with E-state index < -0.39 is 23.9 Å². The van der Waals surface area contributed by atoms with Crippen molar-refractivity contribution in [1.29, 1.82) is 0 Å². The minimum Gasteiger partial charge on any atom is -0.481 e. The van der Waals surface area contributed by atoms with Gasteiger partial charge in [-0.15, -0.1) is 0 Å². The summed E-state index contributed by atoms with van der Waals surface area (Å²) in [4.78, 5) is 46.7. The van der Waals surface area contributed by atoms with Gasteiger partial charge in [-0.25, -0.2) is 9.69 Å². The molecule has 3 N–H and O–H groups in total. The standard InChI is InChI=1S/C14H15N3O5/c1-8(18)15-9-3-2-4-10(7-9)17-13(21)11(16-14(17)22)5-6-12(19)20/h2-4,7,11H,5-6H2,1H3,(H,15,18)(H,16,22)(H,19,20)/t11-/m0/s1. The van der Waals surface area contributed by atoms with Crippen LogP contribution in [-0.2, 0) is 14.4 Å². The predicted molar refractivity (Wildman–Crippen MR) is 77.4 cm³/mol. The molecule has 1 saturated heterocycles. The monoisotopic (exact) mass is 305 g/mol. The molecule has 2 rings (SSSR count). The summed E-state index contributed by atoms with van der Waals surface area (Å²) in [7, 11) is 0. The maximum atomic E-state index is 12.2. The van der Waals surface area contributed by atoms with E-state index >= 15 is 0 Å². The molecule has 0 bridgehead atoms. The highest BCUT2D eigenvalue weighted by Gasteiger charge is 2.38. The molecule has 8 nitrogen and oxygen atoms in total. The summed E-state index contributed by atoms with van der Waals surface area (Å²) >= 11 is 0. The van der Waals surface area contributed by atoms with Crippen LogP contribution in [0, 0.1) is 0 Å². The van der Waals surface area contributed by atoms with Crippen molar-refractivity contribution in [2.24, 2.45) is 0 Å². The maximum Gasteiger partial charge on any atom is 0.329 e. The van der Waals surface area contributed by atoms with Gasteiger partial charge in [-0.3, -0.25) is 14.4 Å². The molecule has 1 atom stereocenters. The number of carbonyl (C=O) groups excluding carboxylic acids is 3. The lowest BCUT2D eigenvalue weighted by Crippen LogP contribution is -2.31. The summed E-state index contributed by atoms with van der Waals surface area (Å²) in [5.41, 5.74) is 0.770. The number of anilines is 2. The number of benzene rings is 1. The zero-order chi connectivity index (χ0) is 16.3. The quantitative estimate of drug-likeness (QED) is 0.700. The lowest BCUT2D eigenvalue weighted by molar-refractivity contribution is -0.137. The number of carboxylic acid groups (broad SMARTS) is 1. The third kappa shape index (κ3) is 3.40. The highest BCUT2D eigenvalue weighted by atomic mass is 16.4. The first-order valence-electron chi connectivity index (χ1n) is 6.62. The van der Waals surface area contributed by atoms with E-state index in [0.717, 1.165) is 4.90 Å². The van der Waals surface area contributed by atoms with Crippen LogP contribution in [0.1, 0.15) is 19.8 Å². The van der Waals surface area contributed by atoms with Gasteiger partial charge in [0.25, 0.3) is 5.91 Å². The second-order valence-electron chi connectivity index (χ2n) is 4.84. The van der Waals surface area contributed by atoms with Crippen LogP contribution in [0.15, 0.2) is 24.3 Å². The average molecular weight is 305 g/mol. The van der Waals surface area contributed by atoms with Crippen molar-refractivity contribution in [3.05, 3.63) is 24.3 Å². The van der Waals surface area contributed by atoms with Gasteiger partial charge in [-0.2, -0.15) is 0 Å². The molecule has 0 saturated carbocycles. The Labute approximate surface area is 126 Å². The van der Waals surface area contributed by atoms with Crippen LogP contribution >= 0.6 is 0 Å². The van der Waals surface area contributed by atoms with E-state index in [1.807, 2.05) is 0 Å². The van der Waals surface area contributed by atoms with Crippen LogP contribution in [0.25, 0.3) is 0 Å². The molecule has 1 aromatic rings. The van der Waals surface area contributed by atoms with E-state index in [4.69, 9.17) is 5.11 Å². The Morgan fingerprint density at radius 2 is 2.09 bits per heavy atom. The summed E-state index contributed by atoms with van der Waals surface area (Å²) in [5.74, 6) is -1.81. The van der Waals surface area contributed by atoms with Gasteiger partial charge in [0.1, 0.15) is 6.04 Å². The molecule has 1 aliphatic rings. The molecule has 8 heteroatoms. The van der Waals surface area contributed by atoms with Crippen molar-refractivity contribution >= 4 is 35.2 Å². The number of amides is 4. The van der Waals surface area contributed by atoms with Crippen LogP contribution in [-0.4, -0.2) is 35.0 Å². The SMILES string of the molecule is CC(=O)Nc1cccc(N2C(=O)N[C@@H](CCC(=O)O)C2=O)c1. The second kappa shape index (κ2) is 6.25. The van der Waals surface area contributed by atoms with E-state index in [0.29, 0.717) is 11.4 Å². The molecule has 0 spiro atoms. The molecule has 4 amide bonds. The van der Waals surface area contributed by atoms with Crippen molar-refractivity contribution in [2.45, 2.75) is 25.8 Å². The number of carbonyl (C=O) groups is 4.